The Balaban J connectivity index is 1.68. The van der Waals surface area contributed by atoms with Crippen molar-refractivity contribution in [3.05, 3.63) is 40.9 Å². The fourth-order valence-electron chi connectivity index (χ4n) is 2.45. The van der Waals surface area contributed by atoms with E-state index in [0.29, 0.717) is 19.5 Å². The predicted molar refractivity (Wildman–Crippen MR) is 85.9 cm³/mol. The Morgan fingerprint density at radius 2 is 2.23 bits per heavy atom. The fraction of sp³-hybridized carbons (Fsp3) is 0.400. The third kappa shape index (κ3) is 2.89. The maximum absolute atomic E-state index is 12.3. The van der Waals surface area contributed by atoms with Crippen LogP contribution in [0.15, 0.2) is 24.7 Å². The molecule has 0 aromatic carbocycles. The van der Waals surface area contributed by atoms with Gasteiger partial charge in [-0.25, -0.2) is 4.98 Å². The molecule has 0 aliphatic rings. The second kappa shape index (κ2) is 5.92. The van der Waals surface area contributed by atoms with Crippen molar-refractivity contribution < 1.29 is 4.79 Å². The minimum atomic E-state index is 0.108. The summed E-state index contributed by atoms with van der Waals surface area (Å²) in [6, 6.07) is 1.86. The molecule has 0 fully saturated rings. The number of rotatable bonds is 5. The molecule has 0 aliphatic carbocycles. The van der Waals surface area contributed by atoms with Gasteiger partial charge in [0.1, 0.15) is 0 Å². The number of aryl methyl sites for hydroxylation is 3. The maximum Gasteiger partial charge on any atom is 0.224 e. The number of carbonyl (C=O) groups is 1. The molecule has 1 amide bonds. The van der Waals surface area contributed by atoms with Crippen LogP contribution in [-0.2, 0) is 17.9 Å². The molecule has 3 rings (SSSR count). The zero-order valence-corrected chi connectivity index (χ0v) is 13.8. The van der Waals surface area contributed by atoms with Gasteiger partial charge in [-0.05, 0) is 19.9 Å². The minimum absolute atomic E-state index is 0.108. The molecule has 0 atom stereocenters. The van der Waals surface area contributed by atoms with E-state index in [1.54, 1.807) is 27.1 Å². The van der Waals surface area contributed by atoms with Gasteiger partial charge in [0.25, 0.3) is 0 Å². The molecule has 6 nitrogen and oxygen atoms in total. The van der Waals surface area contributed by atoms with Gasteiger partial charge < -0.3 is 4.90 Å². The number of amides is 1. The van der Waals surface area contributed by atoms with Crippen LogP contribution in [0.4, 0.5) is 0 Å². The molecule has 7 heteroatoms. The van der Waals surface area contributed by atoms with E-state index in [-0.39, 0.29) is 5.91 Å². The third-order valence-electron chi connectivity index (χ3n) is 3.67. The topological polar surface area (TPSA) is 55.4 Å². The van der Waals surface area contributed by atoms with E-state index in [2.05, 4.69) is 27.6 Å². The zero-order valence-electron chi connectivity index (χ0n) is 13.0. The molecule has 0 saturated heterocycles. The molecular formula is C15H19N5OS. The van der Waals surface area contributed by atoms with Crippen molar-refractivity contribution in [2.24, 2.45) is 0 Å². The second-order valence-corrected chi connectivity index (χ2v) is 6.62. The Morgan fingerprint density at radius 1 is 1.41 bits per heavy atom. The highest BCUT2D eigenvalue weighted by Gasteiger charge is 2.16. The zero-order chi connectivity index (χ0) is 15.7. The molecule has 0 saturated carbocycles. The molecule has 3 aromatic rings. The monoisotopic (exact) mass is 317 g/mol. The van der Waals surface area contributed by atoms with Crippen molar-refractivity contribution in [3.63, 3.8) is 0 Å². The van der Waals surface area contributed by atoms with Crippen molar-refractivity contribution in [1.29, 1.82) is 0 Å². The summed E-state index contributed by atoms with van der Waals surface area (Å²) in [7, 11) is 1.84. The number of carbonyl (C=O) groups excluding carboxylic acids is 1. The van der Waals surface area contributed by atoms with Gasteiger partial charge >= 0.3 is 0 Å². The average molecular weight is 317 g/mol. The molecule has 22 heavy (non-hydrogen) atoms. The van der Waals surface area contributed by atoms with E-state index < -0.39 is 0 Å². The molecule has 0 unspecified atom stereocenters. The highest BCUT2D eigenvalue weighted by molar-refractivity contribution is 7.17. The predicted octanol–water partition coefficient (Wildman–Crippen LogP) is 2.26. The second-order valence-electron chi connectivity index (χ2n) is 5.41. The van der Waals surface area contributed by atoms with Gasteiger partial charge in [0.2, 0.25) is 5.91 Å². The van der Waals surface area contributed by atoms with Crippen molar-refractivity contribution >= 4 is 22.2 Å². The van der Waals surface area contributed by atoms with Crippen LogP contribution in [-0.4, -0.2) is 37.0 Å². The summed E-state index contributed by atoms with van der Waals surface area (Å²) in [5, 5.41) is 4.11. The Morgan fingerprint density at radius 3 is 2.95 bits per heavy atom. The smallest absolute Gasteiger partial charge is 0.224 e. The first-order valence-corrected chi connectivity index (χ1v) is 8.01. The molecular weight excluding hydrogens is 298 g/mol. The largest absolute Gasteiger partial charge is 0.340 e. The summed E-state index contributed by atoms with van der Waals surface area (Å²) in [6.45, 7) is 5.24. The molecule has 116 valence electrons. The summed E-state index contributed by atoms with van der Waals surface area (Å²) in [5.74, 6) is 0.108. The Hall–Kier alpha value is -2.15. The first-order valence-electron chi connectivity index (χ1n) is 7.20. The van der Waals surface area contributed by atoms with E-state index in [4.69, 9.17) is 0 Å². The lowest BCUT2D eigenvalue weighted by Crippen LogP contribution is -2.28. The maximum atomic E-state index is 12.3. The van der Waals surface area contributed by atoms with E-state index in [0.717, 1.165) is 16.3 Å². The van der Waals surface area contributed by atoms with Gasteiger partial charge in [-0.2, -0.15) is 5.10 Å². The van der Waals surface area contributed by atoms with Crippen LogP contribution in [0.5, 0.6) is 0 Å². The quantitative estimate of drug-likeness (QED) is 0.725. The number of hydrogen-bond donors (Lipinski definition) is 0. The van der Waals surface area contributed by atoms with Crippen LogP contribution in [0, 0.1) is 13.8 Å². The lowest BCUT2D eigenvalue weighted by atomic mass is 10.3. The number of thiazole rings is 1. The SMILES string of the molecule is Cc1cn2c(CN(C)C(=O)CCn3cccn3)c(C)nc2s1. The van der Waals surface area contributed by atoms with Crippen LogP contribution in [0.25, 0.3) is 4.96 Å². The van der Waals surface area contributed by atoms with E-state index in [9.17, 15) is 4.79 Å². The van der Waals surface area contributed by atoms with Crippen LogP contribution in [0.1, 0.15) is 22.7 Å². The average Bonchev–Trinajstić information content (AvgIpc) is 3.16. The number of hydrogen-bond acceptors (Lipinski definition) is 4. The summed E-state index contributed by atoms with van der Waals surface area (Å²) in [4.78, 5) is 20.8. The lowest BCUT2D eigenvalue weighted by molar-refractivity contribution is -0.130. The fourth-order valence-corrected chi connectivity index (χ4v) is 3.34. The minimum Gasteiger partial charge on any atom is -0.340 e. The number of aromatic nitrogens is 4. The van der Waals surface area contributed by atoms with Crippen molar-refractivity contribution in [2.45, 2.75) is 33.4 Å². The first-order chi connectivity index (χ1) is 10.5. The van der Waals surface area contributed by atoms with E-state index in [1.807, 2.05) is 26.2 Å². The number of imidazole rings is 1. The van der Waals surface area contributed by atoms with E-state index in [1.165, 1.54) is 4.88 Å². The van der Waals surface area contributed by atoms with Gasteiger partial charge in [-0.1, -0.05) is 0 Å². The number of nitrogens with zero attached hydrogens (tertiary/aromatic N) is 5. The standard InChI is InChI=1S/C15H19N5OS/c1-11-9-20-13(12(2)17-15(20)22-11)10-18(3)14(21)5-8-19-7-4-6-16-19/h4,6-7,9H,5,8,10H2,1-3H3. The lowest BCUT2D eigenvalue weighted by Gasteiger charge is -2.17. The molecule has 0 bridgehead atoms. The van der Waals surface area contributed by atoms with E-state index >= 15 is 0 Å². The Bertz CT molecular complexity index is 786. The van der Waals surface area contributed by atoms with Crippen LogP contribution >= 0.6 is 11.3 Å². The first kappa shape index (κ1) is 14.8. The normalized spacial score (nSPS) is 11.2. The van der Waals surface area contributed by atoms with Crippen molar-refractivity contribution in [3.8, 4) is 0 Å². The summed E-state index contributed by atoms with van der Waals surface area (Å²) in [6.07, 6.45) is 6.12. The molecule has 0 N–H and O–H groups in total. The Kier molecular flexibility index (Phi) is 3.98. The molecule has 3 heterocycles. The van der Waals surface area contributed by atoms with Crippen molar-refractivity contribution in [1.82, 2.24) is 24.1 Å². The number of fused-ring (bicyclic) bond motifs is 1. The summed E-state index contributed by atoms with van der Waals surface area (Å²) >= 11 is 1.67. The molecule has 0 aliphatic heterocycles. The third-order valence-corrected chi connectivity index (χ3v) is 4.57. The summed E-state index contributed by atoms with van der Waals surface area (Å²) in [5.41, 5.74) is 2.06. The highest BCUT2D eigenvalue weighted by atomic mass is 32.1. The highest BCUT2D eigenvalue weighted by Crippen LogP contribution is 2.21. The van der Waals surface area contributed by atoms with Gasteiger partial charge in [-0.3, -0.25) is 13.9 Å². The summed E-state index contributed by atoms with van der Waals surface area (Å²) < 4.78 is 3.86. The van der Waals surface area contributed by atoms with Gasteiger partial charge in [0, 0.05) is 43.5 Å². The van der Waals surface area contributed by atoms with Crippen molar-refractivity contribution in [2.75, 3.05) is 7.05 Å². The molecule has 3 aromatic heterocycles. The van der Waals surface area contributed by atoms with Gasteiger partial charge in [0.15, 0.2) is 4.96 Å². The van der Waals surface area contributed by atoms with Crippen LogP contribution < -0.4 is 0 Å². The molecule has 0 radical (unpaired) electrons. The van der Waals surface area contributed by atoms with Gasteiger partial charge in [0.05, 0.1) is 17.9 Å². The Labute approximate surface area is 133 Å². The van der Waals surface area contributed by atoms with Crippen LogP contribution in [0.2, 0.25) is 0 Å². The molecule has 0 spiro atoms. The van der Waals surface area contributed by atoms with Gasteiger partial charge in [-0.15, -0.1) is 11.3 Å². The van der Waals surface area contributed by atoms with Crippen LogP contribution in [0.3, 0.4) is 0 Å².